The Balaban J connectivity index is 2.64. The summed E-state index contributed by atoms with van der Waals surface area (Å²) in [5, 5.41) is 10.3. The lowest BCUT2D eigenvalue weighted by Gasteiger charge is -2.24. The lowest BCUT2D eigenvalue weighted by atomic mass is 9.89. The third-order valence-corrected chi connectivity index (χ3v) is 3.31. The minimum absolute atomic E-state index is 0.240. The molecule has 1 atom stereocenters. The summed E-state index contributed by atoms with van der Waals surface area (Å²) in [6.07, 6.45) is 5.17. The Morgan fingerprint density at radius 3 is 2.53 bits per heavy atom. The largest absolute Gasteiger partial charge is 0.385 e. The molecule has 0 amide bonds. The number of unbranched alkanes of at least 4 members (excludes halogenated alkanes) is 3. The van der Waals surface area contributed by atoms with E-state index in [2.05, 4.69) is 6.92 Å². The van der Waals surface area contributed by atoms with Crippen LogP contribution < -0.4 is 0 Å². The second-order valence-electron chi connectivity index (χ2n) is 5.05. The zero-order valence-electron chi connectivity index (χ0n) is 11.1. The highest BCUT2D eigenvalue weighted by molar-refractivity contribution is 5.27. The molecule has 1 aromatic rings. The smallest absolute Gasteiger partial charge is 0.126 e. The van der Waals surface area contributed by atoms with Gasteiger partial charge < -0.3 is 5.11 Å². The summed E-state index contributed by atoms with van der Waals surface area (Å²) in [7, 11) is 0. The highest BCUT2D eigenvalue weighted by Crippen LogP contribution is 2.28. The van der Waals surface area contributed by atoms with Gasteiger partial charge in [-0.05, 0) is 37.5 Å². The van der Waals surface area contributed by atoms with Crippen LogP contribution in [0.15, 0.2) is 18.2 Å². The van der Waals surface area contributed by atoms with E-state index in [1.54, 1.807) is 19.9 Å². The molecule has 1 unspecified atom stereocenters. The highest BCUT2D eigenvalue weighted by atomic mass is 19.1. The summed E-state index contributed by atoms with van der Waals surface area (Å²) in [4.78, 5) is 0. The van der Waals surface area contributed by atoms with Crippen LogP contribution in [0, 0.1) is 12.7 Å². The van der Waals surface area contributed by atoms with Crippen LogP contribution in [-0.2, 0) is 5.60 Å². The molecule has 0 saturated carbocycles. The topological polar surface area (TPSA) is 20.2 Å². The molecule has 0 aliphatic heterocycles. The van der Waals surface area contributed by atoms with Gasteiger partial charge in [-0.2, -0.15) is 0 Å². The summed E-state index contributed by atoms with van der Waals surface area (Å²) in [5.41, 5.74) is 0.384. The summed E-state index contributed by atoms with van der Waals surface area (Å²) < 4.78 is 13.4. The lowest BCUT2D eigenvalue weighted by Crippen LogP contribution is -2.21. The number of hydrogen-bond donors (Lipinski definition) is 1. The average molecular weight is 238 g/mol. The Labute approximate surface area is 104 Å². The van der Waals surface area contributed by atoms with Crippen molar-refractivity contribution >= 4 is 0 Å². The van der Waals surface area contributed by atoms with Crippen LogP contribution in [0.1, 0.15) is 57.1 Å². The zero-order valence-corrected chi connectivity index (χ0v) is 11.1. The normalized spacial score (nSPS) is 14.6. The van der Waals surface area contributed by atoms with Crippen LogP contribution in [0.3, 0.4) is 0 Å². The van der Waals surface area contributed by atoms with Gasteiger partial charge in [0.1, 0.15) is 5.82 Å². The van der Waals surface area contributed by atoms with Crippen molar-refractivity contribution in [1.82, 2.24) is 0 Å². The second-order valence-corrected chi connectivity index (χ2v) is 5.05. The van der Waals surface area contributed by atoms with E-state index in [1.807, 2.05) is 6.07 Å². The van der Waals surface area contributed by atoms with Gasteiger partial charge in [0.15, 0.2) is 0 Å². The monoisotopic (exact) mass is 238 g/mol. The quantitative estimate of drug-likeness (QED) is 0.732. The van der Waals surface area contributed by atoms with Gasteiger partial charge in [0.2, 0.25) is 0 Å². The first-order chi connectivity index (χ1) is 7.97. The van der Waals surface area contributed by atoms with Crippen LogP contribution >= 0.6 is 0 Å². The second kappa shape index (κ2) is 6.15. The molecule has 1 rings (SSSR count). The Hall–Kier alpha value is -0.890. The van der Waals surface area contributed by atoms with Gasteiger partial charge in [0.25, 0.3) is 0 Å². The van der Waals surface area contributed by atoms with Crippen LogP contribution in [0.4, 0.5) is 4.39 Å². The molecule has 0 radical (unpaired) electrons. The van der Waals surface area contributed by atoms with Crippen LogP contribution in [0.5, 0.6) is 0 Å². The van der Waals surface area contributed by atoms with Crippen molar-refractivity contribution in [2.24, 2.45) is 0 Å². The Kier molecular flexibility index (Phi) is 5.13. The maximum absolute atomic E-state index is 13.4. The van der Waals surface area contributed by atoms with E-state index in [0.29, 0.717) is 17.5 Å². The average Bonchev–Trinajstić information content (AvgIpc) is 2.28. The molecular formula is C15H23FO. The van der Waals surface area contributed by atoms with Crippen LogP contribution in [0.2, 0.25) is 0 Å². The molecule has 0 spiro atoms. The summed E-state index contributed by atoms with van der Waals surface area (Å²) in [6.45, 7) is 5.66. The minimum atomic E-state index is -0.914. The van der Waals surface area contributed by atoms with E-state index < -0.39 is 5.60 Å². The van der Waals surface area contributed by atoms with Crippen molar-refractivity contribution in [2.75, 3.05) is 0 Å². The van der Waals surface area contributed by atoms with Crippen molar-refractivity contribution in [2.45, 2.75) is 58.5 Å². The third kappa shape index (κ3) is 4.12. The molecule has 0 saturated heterocycles. The SMILES string of the molecule is CCCCCCC(C)(O)c1ccc(C)c(F)c1. The van der Waals surface area contributed by atoms with Gasteiger partial charge in [-0.25, -0.2) is 4.39 Å². The van der Waals surface area contributed by atoms with E-state index in [-0.39, 0.29) is 5.82 Å². The van der Waals surface area contributed by atoms with Crippen molar-refractivity contribution in [3.8, 4) is 0 Å². The zero-order chi connectivity index (χ0) is 12.9. The van der Waals surface area contributed by atoms with Crippen LogP contribution in [-0.4, -0.2) is 5.11 Å². The standard InChI is InChI=1S/C15H23FO/c1-4-5-6-7-10-15(3,17)13-9-8-12(2)14(16)11-13/h8-9,11,17H,4-7,10H2,1-3H3. The maximum Gasteiger partial charge on any atom is 0.126 e. The summed E-state index contributed by atoms with van der Waals surface area (Å²) >= 11 is 0. The third-order valence-electron chi connectivity index (χ3n) is 3.31. The number of aliphatic hydroxyl groups is 1. The Morgan fingerprint density at radius 1 is 1.24 bits per heavy atom. The molecule has 1 nitrogen and oxygen atoms in total. The molecule has 0 fully saturated rings. The number of aryl methyl sites for hydroxylation is 1. The fourth-order valence-corrected chi connectivity index (χ4v) is 1.97. The predicted octanol–water partition coefficient (Wildman–Crippen LogP) is 4.31. The molecule has 0 aliphatic carbocycles. The maximum atomic E-state index is 13.4. The first kappa shape index (κ1) is 14.2. The fraction of sp³-hybridized carbons (Fsp3) is 0.600. The summed E-state index contributed by atoms with van der Waals surface area (Å²) in [6, 6.07) is 5.00. The fourth-order valence-electron chi connectivity index (χ4n) is 1.97. The van der Waals surface area contributed by atoms with Gasteiger partial charge in [-0.1, -0.05) is 44.7 Å². The van der Waals surface area contributed by atoms with Crippen molar-refractivity contribution in [3.63, 3.8) is 0 Å². The lowest BCUT2D eigenvalue weighted by molar-refractivity contribution is 0.0445. The van der Waals surface area contributed by atoms with Gasteiger partial charge in [0.05, 0.1) is 5.60 Å². The molecule has 0 bridgehead atoms. The van der Waals surface area contributed by atoms with E-state index in [0.717, 1.165) is 12.8 Å². The van der Waals surface area contributed by atoms with Gasteiger partial charge in [-0.15, -0.1) is 0 Å². The number of halogens is 1. The molecule has 96 valence electrons. The van der Waals surface area contributed by atoms with Gasteiger partial charge in [-0.3, -0.25) is 0 Å². The van der Waals surface area contributed by atoms with Crippen LogP contribution in [0.25, 0.3) is 0 Å². The first-order valence-electron chi connectivity index (χ1n) is 6.46. The number of benzene rings is 1. The highest BCUT2D eigenvalue weighted by Gasteiger charge is 2.23. The van der Waals surface area contributed by atoms with E-state index in [1.165, 1.54) is 18.9 Å². The molecule has 0 heterocycles. The van der Waals surface area contributed by atoms with E-state index in [9.17, 15) is 9.50 Å². The molecule has 0 aromatic heterocycles. The van der Waals surface area contributed by atoms with E-state index >= 15 is 0 Å². The number of rotatable bonds is 6. The minimum Gasteiger partial charge on any atom is -0.385 e. The summed E-state index contributed by atoms with van der Waals surface area (Å²) in [5.74, 6) is -0.240. The molecule has 17 heavy (non-hydrogen) atoms. The van der Waals surface area contributed by atoms with Crippen molar-refractivity contribution in [1.29, 1.82) is 0 Å². The molecule has 1 aromatic carbocycles. The molecule has 2 heteroatoms. The number of hydrogen-bond acceptors (Lipinski definition) is 1. The molecular weight excluding hydrogens is 215 g/mol. The Morgan fingerprint density at radius 2 is 1.94 bits per heavy atom. The molecule has 0 aliphatic rings. The van der Waals surface area contributed by atoms with Gasteiger partial charge in [0, 0.05) is 0 Å². The molecule has 1 N–H and O–H groups in total. The predicted molar refractivity (Wildman–Crippen MR) is 69.5 cm³/mol. The van der Waals surface area contributed by atoms with E-state index in [4.69, 9.17) is 0 Å². The first-order valence-corrected chi connectivity index (χ1v) is 6.46. The van der Waals surface area contributed by atoms with Gasteiger partial charge >= 0.3 is 0 Å². The van der Waals surface area contributed by atoms with Crippen molar-refractivity contribution < 1.29 is 9.50 Å². The Bertz CT molecular complexity index is 358. The van der Waals surface area contributed by atoms with Crippen molar-refractivity contribution in [3.05, 3.63) is 35.1 Å².